The molecule has 368 valence electrons. The zero-order chi connectivity index (χ0) is 47.9. The van der Waals surface area contributed by atoms with Gasteiger partial charge < -0.3 is 74.4 Å². The van der Waals surface area contributed by atoms with E-state index < -0.39 is 46.9 Å². The Morgan fingerprint density at radius 3 is 1.80 bits per heavy atom. The predicted molar refractivity (Wildman–Crippen MR) is 251 cm³/mol. The molecular weight excluding hydrogens is 861 g/mol. The average Bonchev–Trinajstić information content (AvgIpc) is 3.25. The van der Waals surface area contributed by atoms with Crippen molar-refractivity contribution >= 4 is 54.0 Å². The zero-order valence-electron chi connectivity index (χ0n) is 38.2. The van der Waals surface area contributed by atoms with Crippen molar-refractivity contribution in [1.29, 1.82) is 0 Å². The number of thiol groups is 1. The third-order valence-corrected chi connectivity index (χ3v) is 11.0. The van der Waals surface area contributed by atoms with Crippen LogP contribution in [0.25, 0.3) is 0 Å². The van der Waals surface area contributed by atoms with Crippen LogP contribution < -0.4 is 64.2 Å². The molecule has 1 heterocycles. The number of carboxylic acids is 1. The molecule has 2 rings (SSSR count). The molecule has 0 unspecified atom stereocenters. The van der Waals surface area contributed by atoms with Crippen molar-refractivity contribution in [3.8, 4) is 5.75 Å². The quantitative estimate of drug-likeness (QED) is 0.0301. The number of nitrogens with two attached hydrogens (primary N) is 1. The van der Waals surface area contributed by atoms with E-state index in [2.05, 4.69) is 71.1 Å². The van der Waals surface area contributed by atoms with Crippen molar-refractivity contribution in [2.75, 3.05) is 91.3 Å². The third-order valence-electron chi connectivity index (χ3n) is 10.6. The molecule has 22 heteroatoms. The topological polar surface area (TPSA) is 318 Å². The molecule has 1 aliphatic heterocycles. The van der Waals surface area contributed by atoms with Gasteiger partial charge in [-0.15, -0.1) is 0 Å². The van der Waals surface area contributed by atoms with Gasteiger partial charge in [-0.3, -0.25) is 33.6 Å². The Kier molecular flexibility index (Phi) is 28.0. The number of carbonyl (C=O) groups is 7. The van der Waals surface area contributed by atoms with E-state index >= 15 is 0 Å². The molecule has 1 fully saturated rings. The van der Waals surface area contributed by atoms with Gasteiger partial charge in [0, 0.05) is 123 Å². The minimum atomic E-state index is -0.933. The minimum Gasteiger partial charge on any atom is -0.508 e. The molecular formula is C43H76N12O9S. The Morgan fingerprint density at radius 1 is 0.692 bits per heavy atom. The number of phenols is 1. The van der Waals surface area contributed by atoms with Crippen molar-refractivity contribution in [3.05, 3.63) is 29.8 Å². The number of carboxylic acid groups (broad SMARTS) is 1. The van der Waals surface area contributed by atoms with E-state index in [1.807, 2.05) is 14.0 Å². The summed E-state index contributed by atoms with van der Waals surface area (Å²) < 4.78 is 0. The van der Waals surface area contributed by atoms with E-state index in [-0.39, 0.29) is 80.6 Å². The van der Waals surface area contributed by atoms with Crippen LogP contribution in [-0.4, -0.2) is 166 Å². The Bertz CT molecular complexity index is 1610. The standard InChI is InChI=1S/C43H76N12O9S/c1-42(54-37(59)11-7-12-39(61)62)26-46-20-22-49-29-43(28-48-19-18-45-2,30-50-23-21-47-27-42)55-38(60)10-6-9-36(58)52-33(24-31-13-15-32(56)16-14-31)41(64)51-17-5-3-4-8-35(57)53-34(25-65)40(44)63/h13-16,33-34,45-50,56,65H,3-12,17-30H2,1-2H3,(H2,44,63)(H,51,64)(H,52,58)(H,53,57)(H,54,59)(H,55,60)(H,61,62)/t33-,34-,42-,43+/m0/s1. The van der Waals surface area contributed by atoms with Crippen LogP contribution in [0.2, 0.25) is 0 Å². The second kappa shape index (κ2) is 32.2. The largest absolute Gasteiger partial charge is 0.508 e. The van der Waals surface area contributed by atoms with E-state index in [1.54, 1.807) is 12.1 Å². The van der Waals surface area contributed by atoms with Gasteiger partial charge in [-0.1, -0.05) is 18.6 Å². The fourth-order valence-corrected chi connectivity index (χ4v) is 7.33. The summed E-state index contributed by atoms with van der Waals surface area (Å²) in [5, 5.41) is 53.5. The molecule has 65 heavy (non-hydrogen) atoms. The van der Waals surface area contributed by atoms with Crippen LogP contribution in [0.15, 0.2) is 24.3 Å². The number of amides is 6. The number of benzene rings is 1. The Hall–Kier alpha value is -4.58. The highest BCUT2D eigenvalue weighted by molar-refractivity contribution is 7.80. The number of rotatable bonds is 28. The lowest BCUT2D eigenvalue weighted by Gasteiger charge is -2.37. The van der Waals surface area contributed by atoms with Crippen LogP contribution in [0.1, 0.15) is 76.7 Å². The van der Waals surface area contributed by atoms with Crippen LogP contribution in [0.3, 0.4) is 0 Å². The summed E-state index contributed by atoms with van der Waals surface area (Å²) in [5.41, 5.74) is 4.65. The number of hydrogen-bond acceptors (Lipinski definition) is 15. The maximum atomic E-state index is 13.6. The summed E-state index contributed by atoms with van der Waals surface area (Å²) in [5.74, 6) is -2.94. The SMILES string of the molecule is CNCCNC[C@]1(NC(=O)CCCC(=O)N[C@@H](Cc2ccc(O)cc2)C(=O)NCCCCCC(=O)N[C@@H](CS)C(N)=O)CNCCNC[C@@](C)(NC(=O)CCCC(=O)O)CNCCNC1. The van der Waals surface area contributed by atoms with Crippen molar-refractivity contribution in [2.45, 2.75) is 101 Å². The number of aromatic hydroxyl groups is 1. The van der Waals surface area contributed by atoms with Gasteiger partial charge >= 0.3 is 5.97 Å². The number of hydrogen-bond donors (Lipinski definition) is 15. The Balaban J connectivity index is 1.97. The van der Waals surface area contributed by atoms with Crippen molar-refractivity contribution in [1.82, 2.24) is 58.5 Å². The summed E-state index contributed by atoms with van der Waals surface area (Å²) in [6, 6.07) is 4.60. The monoisotopic (exact) mass is 937 g/mol. The molecule has 0 radical (unpaired) electrons. The summed E-state index contributed by atoms with van der Waals surface area (Å²) in [7, 11) is 1.86. The van der Waals surface area contributed by atoms with Gasteiger partial charge in [0.05, 0.1) is 11.1 Å². The molecule has 0 spiro atoms. The van der Waals surface area contributed by atoms with Crippen molar-refractivity contribution < 1.29 is 43.8 Å². The third kappa shape index (κ3) is 25.6. The van der Waals surface area contributed by atoms with Gasteiger partial charge in [-0.2, -0.15) is 12.6 Å². The van der Waals surface area contributed by atoms with Crippen LogP contribution in [0.4, 0.5) is 0 Å². The van der Waals surface area contributed by atoms with E-state index in [0.29, 0.717) is 91.3 Å². The van der Waals surface area contributed by atoms with E-state index in [0.717, 1.165) is 12.1 Å². The molecule has 1 saturated heterocycles. The van der Waals surface area contributed by atoms with Crippen LogP contribution in [0.5, 0.6) is 5.75 Å². The van der Waals surface area contributed by atoms with E-state index in [4.69, 9.17) is 10.8 Å². The Morgan fingerprint density at radius 2 is 1.23 bits per heavy atom. The number of nitrogens with one attached hydrogen (secondary N) is 11. The first kappa shape index (κ1) is 56.5. The van der Waals surface area contributed by atoms with Crippen LogP contribution in [-0.2, 0) is 40.0 Å². The zero-order valence-corrected chi connectivity index (χ0v) is 39.1. The molecule has 15 N–H and O–H groups in total. The van der Waals surface area contributed by atoms with Crippen LogP contribution >= 0.6 is 12.6 Å². The molecule has 0 saturated carbocycles. The van der Waals surface area contributed by atoms with Gasteiger partial charge in [0.1, 0.15) is 17.8 Å². The Labute approximate surface area is 388 Å². The maximum Gasteiger partial charge on any atom is 0.303 e. The number of aliphatic carboxylic acids is 1. The predicted octanol–water partition coefficient (Wildman–Crippen LogP) is -2.67. The van der Waals surface area contributed by atoms with E-state index in [1.165, 1.54) is 12.1 Å². The fourth-order valence-electron chi connectivity index (χ4n) is 7.06. The first-order valence-electron chi connectivity index (χ1n) is 22.7. The first-order valence-corrected chi connectivity index (χ1v) is 23.3. The van der Waals surface area contributed by atoms with Gasteiger partial charge in [0.2, 0.25) is 35.4 Å². The highest BCUT2D eigenvalue weighted by atomic mass is 32.1. The van der Waals surface area contributed by atoms with Gasteiger partial charge in [0.15, 0.2) is 0 Å². The lowest BCUT2D eigenvalue weighted by atomic mass is 9.97. The van der Waals surface area contributed by atoms with Gasteiger partial charge in [-0.25, -0.2) is 0 Å². The van der Waals surface area contributed by atoms with Crippen molar-refractivity contribution in [2.24, 2.45) is 5.73 Å². The van der Waals surface area contributed by atoms with Crippen LogP contribution in [0, 0.1) is 0 Å². The molecule has 0 bridgehead atoms. The molecule has 1 aliphatic rings. The molecule has 1 aromatic carbocycles. The molecule has 0 aliphatic carbocycles. The number of unbranched alkanes of at least 4 members (excludes halogenated alkanes) is 2. The summed E-state index contributed by atoms with van der Waals surface area (Å²) in [6.07, 6.45) is 2.73. The second-order valence-corrected chi connectivity index (χ2v) is 17.2. The molecule has 21 nitrogen and oxygen atoms in total. The molecule has 0 aromatic heterocycles. The average molecular weight is 937 g/mol. The molecule has 2 atom stereocenters. The van der Waals surface area contributed by atoms with Crippen molar-refractivity contribution in [3.63, 3.8) is 0 Å². The second-order valence-electron chi connectivity index (χ2n) is 16.8. The summed E-state index contributed by atoms with van der Waals surface area (Å²) in [6.45, 7) is 8.23. The molecule has 6 amide bonds. The highest BCUT2D eigenvalue weighted by Gasteiger charge is 2.32. The smallest absolute Gasteiger partial charge is 0.303 e. The number of likely N-dealkylation sites (N-methyl/N-ethyl adjacent to an activating group) is 1. The number of carbonyl (C=O) groups excluding carboxylic acids is 6. The summed E-state index contributed by atoms with van der Waals surface area (Å²) in [4.78, 5) is 87.2. The summed E-state index contributed by atoms with van der Waals surface area (Å²) >= 11 is 4.03. The lowest BCUT2D eigenvalue weighted by Crippen LogP contribution is -2.66. The van der Waals surface area contributed by atoms with E-state index in [9.17, 15) is 38.7 Å². The van der Waals surface area contributed by atoms with Gasteiger partial charge in [0.25, 0.3) is 0 Å². The lowest BCUT2D eigenvalue weighted by molar-refractivity contribution is -0.137. The fraction of sp³-hybridized carbons (Fsp3) is 0.698. The van der Waals surface area contributed by atoms with Gasteiger partial charge in [-0.05, 0) is 57.4 Å². The highest BCUT2D eigenvalue weighted by Crippen LogP contribution is 2.13. The number of phenolic OH excluding ortho intramolecular Hbond substituents is 1. The first-order chi connectivity index (χ1) is 31.1. The maximum absolute atomic E-state index is 13.6. The molecule has 1 aromatic rings. The normalized spacial score (nSPS) is 19.4. The minimum absolute atomic E-state index is 0.00162. The number of primary amides is 1.